The van der Waals surface area contributed by atoms with E-state index < -0.39 is 5.92 Å². The Hall–Kier alpha value is -1.60. The zero-order chi connectivity index (χ0) is 15.7. The van der Waals surface area contributed by atoms with E-state index in [0.717, 1.165) is 5.56 Å². The minimum atomic E-state index is -0.470. The van der Waals surface area contributed by atoms with Crippen molar-refractivity contribution in [3.8, 4) is 11.5 Å². The molecule has 0 spiro atoms. The number of hydrogen-bond acceptors (Lipinski definition) is 4. The lowest BCUT2D eigenvalue weighted by Gasteiger charge is -2.35. The molecule has 7 heteroatoms. The summed E-state index contributed by atoms with van der Waals surface area (Å²) < 4.78 is 5.78. The van der Waals surface area contributed by atoms with Crippen LogP contribution in [0.1, 0.15) is 18.5 Å². The van der Waals surface area contributed by atoms with Gasteiger partial charge in [-0.15, -0.1) is 0 Å². The number of halogens is 1. The van der Waals surface area contributed by atoms with Crippen molar-refractivity contribution >= 4 is 39.0 Å². The summed E-state index contributed by atoms with van der Waals surface area (Å²) in [7, 11) is 1.47. The Morgan fingerprint density at radius 2 is 2.19 bits per heavy atom. The van der Waals surface area contributed by atoms with Crippen molar-refractivity contribution in [3.63, 3.8) is 0 Å². The number of carbonyl (C=O) groups is 1. The minimum Gasteiger partial charge on any atom is -0.504 e. The number of thiocarbonyl (C=S) groups is 1. The molecule has 1 aliphatic heterocycles. The topological polar surface area (TPSA) is 70.6 Å². The highest BCUT2D eigenvalue weighted by Crippen LogP contribution is 2.39. The first-order valence-electron chi connectivity index (χ1n) is 6.18. The molecule has 1 aliphatic rings. The summed E-state index contributed by atoms with van der Waals surface area (Å²) in [5.74, 6) is -0.163. The van der Waals surface area contributed by atoms with Crippen LogP contribution in [0, 0.1) is 5.92 Å². The molecule has 1 aromatic rings. The van der Waals surface area contributed by atoms with Crippen molar-refractivity contribution in [2.75, 3.05) is 7.11 Å². The number of benzene rings is 1. The molecule has 2 unspecified atom stereocenters. The third-order valence-electron chi connectivity index (χ3n) is 3.34. The molecule has 0 saturated carbocycles. The average molecular weight is 371 g/mol. The Bertz CT molecular complexity index is 633. The van der Waals surface area contributed by atoms with Gasteiger partial charge < -0.3 is 20.5 Å². The van der Waals surface area contributed by atoms with E-state index in [0.29, 0.717) is 21.0 Å². The van der Waals surface area contributed by atoms with Gasteiger partial charge in [-0.3, -0.25) is 4.79 Å². The normalized spacial score (nSPS) is 21.5. The zero-order valence-corrected chi connectivity index (χ0v) is 14.0. The van der Waals surface area contributed by atoms with Crippen molar-refractivity contribution in [2.45, 2.75) is 13.0 Å². The van der Waals surface area contributed by atoms with Crippen LogP contribution in [-0.4, -0.2) is 23.1 Å². The van der Waals surface area contributed by atoms with Crippen molar-refractivity contribution in [1.29, 1.82) is 0 Å². The number of Topliss-reactive ketones (excluding diaryl/α,β-unsaturated/α-hetero) is 1. The smallest absolute Gasteiger partial charge is 0.171 e. The van der Waals surface area contributed by atoms with Crippen molar-refractivity contribution in [2.24, 2.45) is 5.92 Å². The number of aromatic hydroxyl groups is 1. The van der Waals surface area contributed by atoms with Gasteiger partial charge in [-0.2, -0.15) is 0 Å². The van der Waals surface area contributed by atoms with Gasteiger partial charge >= 0.3 is 0 Å². The van der Waals surface area contributed by atoms with E-state index in [-0.39, 0.29) is 17.6 Å². The van der Waals surface area contributed by atoms with Crippen molar-refractivity contribution in [1.82, 2.24) is 10.6 Å². The number of rotatable bonds is 3. The molecule has 2 rings (SSSR count). The van der Waals surface area contributed by atoms with Crippen LogP contribution in [0.2, 0.25) is 0 Å². The van der Waals surface area contributed by atoms with E-state index in [4.69, 9.17) is 17.0 Å². The van der Waals surface area contributed by atoms with E-state index in [9.17, 15) is 9.90 Å². The second kappa shape index (κ2) is 6.03. The quantitative estimate of drug-likeness (QED) is 0.709. The molecule has 1 saturated heterocycles. The molecular formula is C14H15BrN2O3S. The SMILES string of the molecule is C=C1NC(=S)NC(c2cc(OC)c(O)cc2Br)C1C(C)=O. The monoisotopic (exact) mass is 370 g/mol. The number of ketones is 1. The summed E-state index contributed by atoms with van der Waals surface area (Å²) in [5.41, 5.74) is 1.31. The summed E-state index contributed by atoms with van der Waals surface area (Å²) in [5, 5.41) is 16.2. The van der Waals surface area contributed by atoms with Crippen LogP contribution in [0.5, 0.6) is 11.5 Å². The number of hydrogen-bond donors (Lipinski definition) is 3. The van der Waals surface area contributed by atoms with Gasteiger partial charge in [0, 0.05) is 10.2 Å². The fourth-order valence-electron chi connectivity index (χ4n) is 2.38. The van der Waals surface area contributed by atoms with E-state index >= 15 is 0 Å². The molecule has 1 fully saturated rings. The van der Waals surface area contributed by atoms with Crippen LogP contribution in [0.15, 0.2) is 28.9 Å². The Labute approximate surface area is 136 Å². The highest BCUT2D eigenvalue weighted by Gasteiger charge is 2.35. The maximum absolute atomic E-state index is 12.0. The molecule has 112 valence electrons. The summed E-state index contributed by atoms with van der Waals surface area (Å²) in [6.07, 6.45) is 0. The van der Waals surface area contributed by atoms with Crippen molar-refractivity contribution < 1.29 is 14.6 Å². The van der Waals surface area contributed by atoms with Crippen LogP contribution in [0.3, 0.4) is 0 Å². The molecule has 1 aromatic carbocycles. The molecule has 3 N–H and O–H groups in total. The fourth-order valence-corrected chi connectivity index (χ4v) is 3.22. The summed E-state index contributed by atoms with van der Waals surface area (Å²) in [6, 6.07) is 2.82. The number of ether oxygens (including phenoxy) is 1. The lowest BCUT2D eigenvalue weighted by Crippen LogP contribution is -2.50. The number of phenols is 1. The van der Waals surface area contributed by atoms with Gasteiger partial charge in [0.25, 0.3) is 0 Å². The van der Waals surface area contributed by atoms with E-state index in [1.165, 1.54) is 20.1 Å². The molecule has 2 atom stereocenters. The lowest BCUT2D eigenvalue weighted by molar-refractivity contribution is -0.120. The van der Waals surface area contributed by atoms with Gasteiger partial charge in [-0.1, -0.05) is 22.5 Å². The third kappa shape index (κ3) is 3.03. The molecule has 21 heavy (non-hydrogen) atoms. The standard InChI is InChI=1S/C14H15BrN2O3S/c1-6-12(7(2)18)13(17-14(21)16-6)8-4-11(20-3)10(19)5-9(8)15/h4-5,12-13,19H,1H2,2-3H3,(H2,16,17,21). The Kier molecular flexibility index (Phi) is 4.53. The van der Waals surface area contributed by atoms with Gasteiger partial charge in [0.15, 0.2) is 16.6 Å². The first kappa shape index (κ1) is 15.8. The number of nitrogens with one attached hydrogen (secondary N) is 2. The zero-order valence-electron chi connectivity index (χ0n) is 11.6. The molecule has 0 aromatic heterocycles. The number of phenolic OH excluding ortho intramolecular Hbond substituents is 1. The minimum absolute atomic E-state index is 0.0165. The maximum Gasteiger partial charge on any atom is 0.171 e. The third-order valence-corrected chi connectivity index (χ3v) is 4.25. The summed E-state index contributed by atoms with van der Waals surface area (Å²) >= 11 is 8.54. The summed E-state index contributed by atoms with van der Waals surface area (Å²) in [6.45, 7) is 5.38. The highest BCUT2D eigenvalue weighted by molar-refractivity contribution is 9.10. The molecule has 1 heterocycles. The fraction of sp³-hybridized carbons (Fsp3) is 0.286. The largest absolute Gasteiger partial charge is 0.504 e. The Morgan fingerprint density at radius 1 is 1.52 bits per heavy atom. The number of methoxy groups -OCH3 is 1. The van der Waals surface area contributed by atoms with E-state index in [1.54, 1.807) is 6.07 Å². The Morgan fingerprint density at radius 3 is 2.76 bits per heavy atom. The number of carbonyl (C=O) groups excluding carboxylic acids is 1. The molecule has 0 bridgehead atoms. The molecule has 0 aliphatic carbocycles. The van der Waals surface area contributed by atoms with Crippen molar-refractivity contribution in [3.05, 3.63) is 34.4 Å². The van der Waals surface area contributed by atoms with Crippen LogP contribution in [0.25, 0.3) is 0 Å². The second-order valence-corrected chi connectivity index (χ2v) is 6.00. The van der Waals surface area contributed by atoms with Gasteiger partial charge in [0.1, 0.15) is 5.78 Å². The second-order valence-electron chi connectivity index (χ2n) is 4.74. The van der Waals surface area contributed by atoms with Crippen LogP contribution < -0.4 is 15.4 Å². The van der Waals surface area contributed by atoms with E-state index in [2.05, 4.69) is 33.1 Å². The van der Waals surface area contributed by atoms with Gasteiger partial charge in [-0.05, 0) is 36.8 Å². The van der Waals surface area contributed by atoms with Crippen LogP contribution in [0.4, 0.5) is 0 Å². The summed E-state index contributed by atoms with van der Waals surface area (Å²) in [4.78, 5) is 12.0. The lowest BCUT2D eigenvalue weighted by atomic mass is 9.86. The highest BCUT2D eigenvalue weighted by atomic mass is 79.9. The average Bonchev–Trinajstić information content (AvgIpc) is 2.37. The van der Waals surface area contributed by atoms with Crippen LogP contribution >= 0.6 is 28.1 Å². The van der Waals surface area contributed by atoms with E-state index in [1.807, 2.05) is 0 Å². The molecule has 0 radical (unpaired) electrons. The first-order valence-corrected chi connectivity index (χ1v) is 7.38. The first-order chi connectivity index (χ1) is 9.85. The van der Waals surface area contributed by atoms with Gasteiger partial charge in [0.2, 0.25) is 0 Å². The predicted octanol–water partition coefficient (Wildman–Crippen LogP) is 2.40. The van der Waals surface area contributed by atoms with Gasteiger partial charge in [-0.25, -0.2) is 0 Å². The molecule has 5 nitrogen and oxygen atoms in total. The molecule has 0 amide bonds. The predicted molar refractivity (Wildman–Crippen MR) is 87.3 cm³/mol. The van der Waals surface area contributed by atoms with Gasteiger partial charge in [0.05, 0.1) is 19.1 Å². The van der Waals surface area contributed by atoms with Crippen LogP contribution in [-0.2, 0) is 4.79 Å². The Balaban J connectivity index is 2.53. The maximum atomic E-state index is 12.0. The molecular weight excluding hydrogens is 356 g/mol.